The smallest absolute Gasteiger partial charge is 0.342 e. The van der Waals surface area contributed by atoms with E-state index >= 15 is 13.6 Å². The van der Waals surface area contributed by atoms with E-state index in [4.69, 9.17) is 18.9 Å². The fourth-order valence-corrected chi connectivity index (χ4v) is 13.2. The van der Waals surface area contributed by atoms with Gasteiger partial charge >= 0.3 is 11.9 Å². The summed E-state index contributed by atoms with van der Waals surface area (Å²) in [6, 6.07) is 8.35. The summed E-state index contributed by atoms with van der Waals surface area (Å²) in [5.74, 6) is 0.785. The van der Waals surface area contributed by atoms with E-state index in [0.29, 0.717) is 61.7 Å². The zero-order valence-electron chi connectivity index (χ0n) is 35.9. The Balaban J connectivity index is 1.35. The number of hydrogen-bond donors (Lipinski definition) is 3. The first-order chi connectivity index (χ1) is 29.1. The van der Waals surface area contributed by atoms with Gasteiger partial charge in [0.05, 0.1) is 27.4 Å². The van der Waals surface area contributed by atoms with Crippen LogP contribution in [0, 0.1) is 29.1 Å². The van der Waals surface area contributed by atoms with Crippen molar-refractivity contribution in [3.63, 3.8) is 0 Å². The molecule has 3 aromatic rings. The van der Waals surface area contributed by atoms with E-state index < -0.39 is 57.8 Å². The number of benzene rings is 2. The number of ether oxygens (including phenoxy) is 4. The lowest BCUT2D eigenvalue weighted by atomic mass is 9.47. The van der Waals surface area contributed by atoms with Gasteiger partial charge in [0.1, 0.15) is 23.9 Å². The summed E-state index contributed by atoms with van der Waals surface area (Å²) in [6.45, 7) is 5.41. The number of hydrogen-bond acceptors (Lipinski definition) is 11. The molecule has 5 unspecified atom stereocenters. The zero-order chi connectivity index (χ0) is 43.4. The maximum atomic E-state index is 15.4. The van der Waals surface area contributed by atoms with Crippen LogP contribution in [-0.4, -0.2) is 135 Å². The first kappa shape index (κ1) is 41.8. The number of aliphatic hydroxyl groups is 2. The molecule has 6 heterocycles. The van der Waals surface area contributed by atoms with Crippen molar-refractivity contribution in [3.05, 3.63) is 70.4 Å². The molecule has 326 valence electrons. The number of methoxy groups -OCH3 is 4. The lowest BCUT2D eigenvalue weighted by Gasteiger charge is -2.63. The maximum Gasteiger partial charge on any atom is 0.342 e. The maximum absolute atomic E-state index is 15.4. The third-order valence-corrected chi connectivity index (χ3v) is 15.6. The van der Waals surface area contributed by atoms with Gasteiger partial charge in [0.15, 0.2) is 0 Å². The lowest BCUT2D eigenvalue weighted by Crippen LogP contribution is -2.80. The number of H-pyrrole nitrogens is 1. The number of alkyl halides is 2. The van der Waals surface area contributed by atoms with Gasteiger partial charge in [0.2, 0.25) is 11.5 Å². The molecule has 0 radical (unpaired) electrons. The van der Waals surface area contributed by atoms with Crippen LogP contribution in [0.3, 0.4) is 0 Å². The van der Waals surface area contributed by atoms with Crippen molar-refractivity contribution >= 4 is 28.5 Å². The minimum Gasteiger partial charge on any atom is -0.496 e. The minimum atomic E-state index is -2.96. The highest BCUT2D eigenvalue weighted by molar-refractivity contribution is 5.95. The molecule has 5 aliphatic heterocycles. The largest absolute Gasteiger partial charge is 0.496 e. The Morgan fingerprint density at radius 1 is 1.05 bits per heavy atom. The SMILES string of the molecule is CC[C@]12C=CCN3CC[C@@]4(c5cc([C@@]6(C(=O)OC)CC7CC(C(C)(F)F)CN(Cc8c6[nH]c6ccc(C#CCOC)cc86)C7)c(OC)cc5N(C)C4[C@@](O)(C(=O)OC)[C@@H]1O)C32. The monoisotopic (exact) mass is 842 g/mol. The van der Waals surface area contributed by atoms with Crippen LogP contribution in [0.15, 0.2) is 42.5 Å². The molecule has 2 aromatic carbocycles. The molecule has 1 aromatic heterocycles. The molecule has 12 nitrogen and oxygen atoms in total. The van der Waals surface area contributed by atoms with E-state index in [9.17, 15) is 15.0 Å². The van der Waals surface area contributed by atoms with Crippen LogP contribution in [0.25, 0.3) is 10.9 Å². The van der Waals surface area contributed by atoms with Crippen LogP contribution in [0.2, 0.25) is 0 Å². The number of esters is 2. The average Bonchev–Trinajstić information content (AvgIpc) is 3.89. The molecule has 1 saturated carbocycles. The number of halogens is 2. The second-order valence-electron chi connectivity index (χ2n) is 18.4. The molecule has 61 heavy (non-hydrogen) atoms. The first-order valence-corrected chi connectivity index (χ1v) is 21.3. The summed E-state index contributed by atoms with van der Waals surface area (Å²) in [4.78, 5) is 39.3. The predicted octanol–water partition coefficient (Wildman–Crippen LogP) is 4.51. The summed E-state index contributed by atoms with van der Waals surface area (Å²) in [5.41, 5.74) is -1.13. The van der Waals surface area contributed by atoms with Gasteiger partial charge in [0, 0.05) is 103 Å². The van der Waals surface area contributed by atoms with Gasteiger partial charge in [-0.1, -0.05) is 30.9 Å². The van der Waals surface area contributed by atoms with E-state index in [1.165, 1.54) is 21.3 Å². The third-order valence-electron chi connectivity index (χ3n) is 15.6. The summed E-state index contributed by atoms with van der Waals surface area (Å²) < 4.78 is 53.6. The highest BCUT2D eigenvalue weighted by atomic mass is 19.3. The number of aliphatic hydroxyl groups excluding tert-OH is 1. The number of carbonyl (C=O) groups is 2. The van der Waals surface area contributed by atoms with E-state index in [1.807, 2.05) is 61.4 Å². The first-order valence-electron chi connectivity index (χ1n) is 21.3. The molecule has 14 heteroatoms. The van der Waals surface area contributed by atoms with Crippen molar-refractivity contribution in [2.75, 3.05) is 73.2 Å². The summed E-state index contributed by atoms with van der Waals surface area (Å²) in [5, 5.41) is 26.2. The molecule has 0 amide bonds. The lowest BCUT2D eigenvalue weighted by molar-refractivity contribution is -0.218. The number of nitrogens with one attached hydrogen (secondary N) is 1. The molecule has 1 aliphatic carbocycles. The topological polar surface area (TPSA) is 137 Å². The number of fused-ring (bicyclic) bond motifs is 6. The van der Waals surface area contributed by atoms with Crippen molar-refractivity contribution in [1.29, 1.82) is 0 Å². The standard InChI is InChI=1S/C47H56F2N4O8/c1-8-44-14-10-16-53-17-15-45(38(44)53)32-21-33(36(59-5)22-35(32)51(3)39(45)47(57,40(44)54)42(56)61-7)46(41(55)60-6)23-28-19-29(43(2,48)49)25-52(24-28)26-31-30-20-27(11-9-18-58-4)12-13-34(30)50-37(31)46/h10,12-14,20-22,28-29,38-40,50,54,57H,8,15-19,23-26H2,1-7H3/t28?,29?,38?,39?,40-,44-,45-,46+,47+/m1/s1. The Morgan fingerprint density at radius 2 is 1.82 bits per heavy atom. The number of anilines is 1. The highest BCUT2D eigenvalue weighted by Crippen LogP contribution is 2.68. The third kappa shape index (κ3) is 5.59. The summed E-state index contributed by atoms with van der Waals surface area (Å²) in [7, 11) is 7.50. The van der Waals surface area contributed by atoms with Crippen molar-refractivity contribution in [2.45, 2.75) is 86.6 Å². The number of piperidine rings is 1. The van der Waals surface area contributed by atoms with Crippen molar-refractivity contribution in [1.82, 2.24) is 14.8 Å². The number of aromatic amines is 1. The number of aromatic nitrogens is 1. The molecule has 10 atom stereocenters. The summed E-state index contributed by atoms with van der Waals surface area (Å²) in [6.07, 6.45) is 3.75. The van der Waals surface area contributed by atoms with Crippen LogP contribution in [0.1, 0.15) is 67.5 Å². The van der Waals surface area contributed by atoms with Crippen LogP contribution in [0.5, 0.6) is 5.75 Å². The van der Waals surface area contributed by atoms with E-state index in [0.717, 1.165) is 34.5 Å². The van der Waals surface area contributed by atoms with Gasteiger partial charge in [-0.05, 0) is 80.5 Å². The van der Waals surface area contributed by atoms with Crippen LogP contribution >= 0.6 is 0 Å². The van der Waals surface area contributed by atoms with E-state index in [1.54, 1.807) is 7.11 Å². The van der Waals surface area contributed by atoms with Crippen LogP contribution in [-0.2, 0) is 41.2 Å². The van der Waals surface area contributed by atoms with Crippen molar-refractivity contribution < 1.29 is 47.5 Å². The van der Waals surface area contributed by atoms with Gasteiger partial charge < -0.3 is 39.0 Å². The number of rotatable bonds is 7. The molecular formula is C47H56F2N4O8. The number of nitrogens with zero attached hydrogens (tertiary/aromatic N) is 3. The van der Waals surface area contributed by atoms with Crippen LogP contribution in [0.4, 0.5) is 14.5 Å². The fourth-order valence-electron chi connectivity index (χ4n) is 13.2. The molecule has 1 spiro atoms. The Kier molecular flexibility index (Phi) is 9.96. The Morgan fingerprint density at radius 3 is 2.51 bits per heavy atom. The quantitative estimate of drug-likeness (QED) is 0.176. The van der Waals surface area contributed by atoms with Crippen LogP contribution < -0.4 is 9.64 Å². The average molecular weight is 843 g/mol. The normalized spacial score (nSPS) is 34.9. The van der Waals surface area contributed by atoms with Gasteiger partial charge in [-0.3, -0.25) is 14.6 Å². The zero-order valence-corrected chi connectivity index (χ0v) is 35.9. The molecule has 6 aliphatic rings. The van der Waals surface area contributed by atoms with E-state index in [-0.39, 0.29) is 38.0 Å². The molecule has 2 saturated heterocycles. The molecular weight excluding hydrogens is 787 g/mol. The number of carbonyl (C=O) groups excluding carboxylic acids is 2. The Hall–Kier alpha value is -4.52. The van der Waals surface area contributed by atoms with Gasteiger partial charge in [-0.25, -0.2) is 13.6 Å². The Bertz CT molecular complexity index is 2390. The van der Waals surface area contributed by atoms with Gasteiger partial charge in [-0.2, -0.15) is 0 Å². The highest BCUT2D eigenvalue weighted by Gasteiger charge is 2.79. The molecule has 9 rings (SSSR count). The van der Waals surface area contributed by atoms with E-state index in [2.05, 4.69) is 26.6 Å². The number of likely N-dealkylation sites (N-methyl/N-ethyl adjacent to an activating group) is 1. The molecule has 3 fully saturated rings. The fraction of sp³-hybridized carbons (Fsp3) is 0.574. The summed E-state index contributed by atoms with van der Waals surface area (Å²) >= 11 is 0. The van der Waals surface area contributed by atoms with Crippen molar-refractivity contribution in [3.8, 4) is 17.6 Å². The predicted molar refractivity (Wildman–Crippen MR) is 224 cm³/mol. The second-order valence-corrected chi connectivity index (χ2v) is 18.4. The minimum absolute atomic E-state index is 0.131. The van der Waals surface area contributed by atoms with Gasteiger partial charge in [0.25, 0.3) is 0 Å². The molecule has 3 N–H and O–H groups in total. The van der Waals surface area contributed by atoms with Gasteiger partial charge in [-0.15, -0.1) is 0 Å². The Labute approximate surface area is 355 Å². The van der Waals surface area contributed by atoms with Crippen molar-refractivity contribution in [2.24, 2.45) is 17.3 Å². The molecule has 2 bridgehead atoms. The second kappa shape index (κ2) is 14.5.